The van der Waals surface area contributed by atoms with Crippen LogP contribution in [0.4, 0.5) is 0 Å². The fraction of sp³-hybridized carbons (Fsp3) is 0.300. The van der Waals surface area contributed by atoms with E-state index in [1.807, 2.05) is 56.4 Å². The summed E-state index contributed by atoms with van der Waals surface area (Å²) in [6.07, 6.45) is 3.26. The Morgan fingerprint density at radius 3 is 2.66 bits per heavy atom. The number of hydrogen-bond donors (Lipinski definition) is 2. The van der Waals surface area contributed by atoms with Crippen LogP contribution in [0.25, 0.3) is 0 Å². The van der Waals surface area contributed by atoms with Crippen molar-refractivity contribution in [3.8, 4) is 5.88 Å². The number of aromatic nitrogens is 4. The first-order valence-corrected chi connectivity index (χ1v) is 9.22. The van der Waals surface area contributed by atoms with Gasteiger partial charge in [-0.2, -0.15) is 5.10 Å². The molecule has 0 aliphatic heterocycles. The molecule has 0 aliphatic rings. The van der Waals surface area contributed by atoms with Gasteiger partial charge >= 0.3 is 0 Å². The number of aryl methyl sites for hydroxylation is 1. The second-order valence-corrected chi connectivity index (χ2v) is 6.09. The Balaban J connectivity index is 0.00000300. The van der Waals surface area contributed by atoms with E-state index in [2.05, 4.69) is 30.7 Å². The largest absolute Gasteiger partial charge is 0.473 e. The third-order valence-electron chi connectivity index (χ3n) is 4.04. The van der Waals surface area contributed by atoms with Crippen molar-refractivity contribution < 1.29 is 4.74 Å². The van der Waals surface area contributed by atoms with Crippen LogP contribution in [0, 0.1) is 0 Å². The van der Waals surface area contributed by atoms with E-state index in [0.717, 1.165) is 23.5 Å². The lowest BCUT2D eigenvalue weighted by Gasteiger charge is -2.12. The normalized spacial score (nSPS) is 10.9. The van der Waals surface area contributed by atoms with Crippen molar-refractivity contribution in [3.05, 3.63) is 71.9 Å². The standard InChI is InChI=1S/C20H25N7O.HI/c1-3-21-20(24-13-18-25-15-26-27(18)2)23-12-17-10-7-11-22-19(17)28-14-16-8-5-4-6-9-16;/h4-11,15H,3,12-14H2,1-2H3,(H2,21,23,24);1H. The second-order valence-electron chi connectivity index (χ2n) is 6.09. The highest BCUT2D eigenvalue weighted by atomic mass is 127. The van der Waals surface area contributed by atoms with Gasteiger partial charge in [0.05, 0.1) is 13.1 Å². The lowest BCUT2D eigenvalue weighted by atomic mass is 10.2. The zero-order valence-corrected chi connectivity index (χ0v) is 18.9. The molecule has 9 heteroatoms. The highest BCUT2D eigenvalue weighted by Crippen LogP contribution is 2.17. The molecule has 0 bridgehead atoms. The molecule has 0 unspecified atom stereocenters. The topological polar surface area (TPSA) is 89.2 Å². The van der Waals surface area contributed by atoms with Gasteiger partial charge in [-0.3, -0.25) is 4.68 Å². The van der Waals surface area contributed by atoms with Gasteiger partial charge in [-0.1, -0.05) is 36.4 Å². The Hall–Kier alpha value is -2.69. The summed E-state index contributed by atoms with van der Waals surface area (Å²) in [5, 5.41) is 10.6. The summed E-state index contributed by atoms with van der Waals surface area (Å²) >= 11 is 0. The quantitative estimate of drug-likeness (QED) is 0.277. The van der Waals surface area contributed by atoms with Crippen LogP contribution in [0.15, 0.2) is 60.0 Å². The summed E-state index contributed by atoms with van der Waals surface area (Å²) in [4.78, 5) is 13.2. The van der Waals surface area contributed by atoms with Crippen molar-refractivity contribution in [2.24, 2.45) is 12.0 Å². The Morgan fingerprint density at radius 2 is 1.93 bits per heavy atom. The number of nitrogens with zero attached hydrogens (tertiary/aromatic N) is 5. The molecule has 0 spiro atoms. The van der Waals surface area contributed by atoms with Crippen LogP contribution in [0.5, 0.6) is 5.88 Å². The molecule has 2 aromatic heterocycles. The minimum atomic E-state index is 0. The Bertz CT molecular complexity index is 899. The molecule has 8 nitrogen and oxygen atoms in total. The summed E-state index contributed by atoms with van der Waals surface area (Å²) in [7, 11) is 1.86. The van der Waals surface area contributed by atoms with Crippen molar-refractivity contribution in [3.63, 3.8) is 0 Å². The zero-order chi connectivity index (χ0) is 19.6. The van der Waals surface area contributed by atoms with Gasteiger partial charge in [0.1, 0.15) is 18.8 Å². The smallest absolute Gasteiger partial charge is 0.218 e. The van der Waals surface area contributed by atoms with Crippen LogP contribution in [-0.4, -0.2) is 32.3 Å². The van der Waals surface area contributed by atoms with E-state index in [0.29, 0.717) is 31.5 Å². The molecule has 0 amide bonds. The number of halogens is 1. The van der Waals surface area contributed by atoms with Crippen LogP contribution in [0.2, 0.25) is 0 Å². The molecule has 0 fully saturated rings. The summed E-state index contributed by atoms with van der Waals surface area (Å²) in [5.41, 5.74) is 2.02. The predicted molar refractivity (Wildman–Crippen MR) is 123 cm³/mol. The molecule has 1 aromatic carbocycles. The molecule has 3 aromatic rings. The third-order valence-corrected chi connectivity index (χ3v) is 4.04. The monoisotopic (exact) mass is 507 g/mol. The Morgan fingerprint density at radius 1 is 1.10 bits per heavy atom. The van der Waals surface area contributed by atoms with Gasteiger partial charge in [0, 0.05) is 25.4 Å². The maximum Gasteiger partial charge on any atom is 0.218 e. The SMILES string of the molecule is CCNC(=NCc1cccnc1OCc1ccccc1)NCc1ncnn1C.I. The number of ether oxygens (including phenoxy) is 1. The number of guanidine groups is 1. The van der Waals surface area contributed by atoms with Crippen molar-refractivity contribution in [2.75, 3.05) is 6.54 Å². The minimum Gasteiger partial charge on any atom is -0.473 e. The number of benzene rings is 1. The van der Waals surface area contributed by atoms with Gasteiger partial charge in [0.25, 0.3) is 0 Å². The Kier molecular flexibility index (Phi) is 9.35. The molecule has 0 atom stereocenters. The lowest BCUT2D eigenvalue weighted by Crippen LogP contribution is -2.37. The van der Waals surface area contributed by atoms with E-state index in [1.54, 1.807) is 10.9 Å². The molecule has 3 rings (SSSR count). The zero-order valence-electron chi connectivity index (χ0n) is 16.6. The molecule has 0 saturated carbocycles. The van der Waals surface area contributed by atoms with Crippen LogP contribution in [0.3, 0.4) is 0 Å². The van der Waals surface area contributed by atoms with Gasteiger partial charge in [-0.25, -0.2) is 15.0 Å². The minimum absolute atomic E-state index is 0. The summed E-state index contributed by atoms with van der Waals surface area (Å²) < 4.78 is 7.64. The van der Waals surface area contributed by atoms with E-state index in [-0.39, 0.29) is 24.0 Å². The molecule has 0 radical (unpaired) electrons. The van der Waals surface area contributed by atoms with Crippen molar-refractivity contribution in [1.82, 2.24) is 30.4 Å². The average Bonchev–Trinajstić information content (AvgIpc) is 3.14. The maximum absolute atomic E-state index is 5.91. The first kappa shape index (κ1) is 22.6. The molecule has 0 aliphatic carbocycles. The summed E-state index contributed by atoms with van der Waals surface area (Å²) in [5.74, 6) is 2.13. The molecular formula is C20H26IN7O. The lowest BCUT2D eigenvalue weighted by molar-refractivity contribution is 0.290. The van der Waals surface area contributed by atoms with Crippen LogP contribution >= 0.6 is 24.0 Å². The predicted octanol–water partition coefficient (Wildman–Crippen LogP) is 2.66. The summed E-state index contributed by atoms with van der Waals surface area (Å²) in [6.45, 7) is 4.24. The van der Waals surface area contributed by atoms with E-state index in [4.69, 9.17) is 4.74 Å². The highest BCUT2D eigenvalue weighted by molar-refractivity contribution is 14.0. The first-order valence-electron chi connectivity index (χ1n) is 9.22. The van der Waals surface area contributed by atoms with Crippen LogP contribution in [0.1, 0.15) is 23.9 Å². The fourth-order valence-corrected chi connectivity index (χ4v) is 2.55. The molecular weight excluding hydrogens is 481 g/mol. The van der Waals surface area contributed by atoms with Crippen molar-refractivity contribution in [2.45, 2.75) is 26.6 Å². The maximum atomic E-state index is 5.91. The van der Waals surface area contributed by atoms with E-state index >= 15 is 0 Å². The molecule has 29 heavy (non-hydrogen) atoms. The van der Waals surface area contributed by atoms with Crippen LogP contribution in [-0.2, 0) is 26.7 Å². The highest BCUT2D eigenvalue weighted by Gasteiger charge is 2.07. The number of aliphatic imine (C=N–C) groups is 1. The molecule has 2 N–H and O–H groups in total. The van der Waals surface area contributed by atoms with Crippen LogP contribution < -0.4 is 15.4 Å². The fourth-order valence-electron chi connectivity index (χ4n) is 2.55. The van der Waals surface area contributed by atoms with E-state index < -0.39 is 0 Å². The summed E-state index contributed by atoms with van der Waals surface area (Å²) in [6, 6.07) is 13.9. The number of hydrogen-bond acceptors (Lipinski definition) is 5. The van der Waals surface area contributed by atoms with E-state index in [9.17, 15) is 0 Å². The van der Waals surface area contributed by atoms with Crippen molar-refractivity contribution in [1.29, 1.82) is 0 Å². The number of rotatable bonds is 8. The van der Waals surface area contributed by atoms with Gasteiger partial charge in [0.15, 0.2) is 5.96 Å². The third kappa shape index (κ3) is 7.00. The second kappa shape index (κ2) is 12.0. The van der Waals surface area contributed by atoms with Crippen molar-refractivity contribution >= 4 is 29.9 Å². The first-order chi connectivity index (χ1) is 13.8. The molecule has 2 heterocycles. The van der Waals surface area contributed by atoms with Gasteiger partial charge in [-0.15, -0.1) is 24.0 Å². The molecule has 0 saturated heterocycles. The Labute approximate surface area is 187 Å². The number of nitrogens with one attached hydrogen (secondary N) is 2. The van der Waals surface area contributed by atoms with Gasteiger partial charge < -0.3 is 15.4 Å². The van der Waals surface area contributed by atoms with Gasteiger partial charge in [0.2, 0.25) is 5.88 Å². The molecule has 154 valence electrons. The van der Waals surface area contributed by atoms with E-state index in [1.165, 1.54) is 6.33 Å². The average molecular weight is 507 g/mol. The van der Waals surface area contributed by atoms with Gasteiger partial charge in [-0.05, 0) is 18.6 Å². The number of pyridine rings is 1.